The van der Waals surface area contributed by atoms with Crippen LogP contribution in [0.2, 0.25) is 0 Å². The van der Waals surface area contributed by atoms with Gasteiger partial charge >= 0.3 is 0 Å². The van der Waals surface area contributed by atoms with E-state index >= 15 is 0 Å². The number of nitrogens with two attached hydrogens (primary N) is 1. The maximum atomic E-state index is 9.15. The van der Waals surface area contributed by atoms with Crippen LogP contribution >= 0.6 is 0 Å². The highest BCUT2D eigenvalue weighted by Gasteiger charge is 2.16. The summed E-state index contributed by atoms with van der Waals surface area (Å²) in [6, 6.07) is 5.59. The fourth-order valence-electron chi connectivity index (χ4n) is 1.27. The third kappa shape index (κ3) is 3.03. The van der Waals surface area contributed by atoms with Crippen LogP contribution in [0.25, 0.3) is 0 Å². The molecule has 0 bridgehead atoms. The van der Waals surface area contributed by atoms with E-state index in [2.05, 4.69) is 5.32 Å². The Balaban J connectivity index is 2.75. The molecule has 4 N–H and O–H groups in total. The predicted molar refractivity (Wildman–Crippen MR) is 66.8 cm³/mol. The van der Waals surface area contributed by atoms with Crippen molar-refractivity contribution in [3.63, 3.8) is 0 Å². The van der Waals surface area contributed by atoms with Gasteiger partial charge in [0.1, 0.15) is 5.75 Å². The van der Waals surface area contributed by atoms with Crippen molar-refractivity contribution in [2.24, 2.45) is 5.41 Å². The number of hydrogen-bond acceptors (Lipinski definition) is 4. The van der Waals surface area contributed by atoms with Crippen LogP contribution in [0.4, 0.5) is 11.4 Å². The lowest BCUT2D eigenvalue weighted by Gasteiger charge is -2.23. The van der Waals surface area contributed by atoms with Crippen LogP contribution in [-0.2, 0) is 0 Å². The number of benzene rings is 1. The molecule has 90 valence electrons. The second-order valence-electron chi connectivity index (χ2n) is 4.60. The smallest absolute Gasteiger partial charge is 0.143 e. The Kier molecular flexibility index (Phi) is 4.01. The highest BCUT2D eigenvalue weighted by atomic mass is 16.5. The van der Waals surface area contributed by atoms with Gasteiger partial charge in [0.15, 0.2) is 0 Å². The van der Waals surface area contributed by atoms with E-state index in [0.29, 0.717) is 18.0 Å². The number of nitrogen functional groups attached to an aromatic ring is 1. The Labute approximate surface area is 96.4 Å². The molecule has 0 aromatic heterocycles. The summed E-state index contributed by atoms with van der Waals surface area (Å²) < 4.78 is 5.13. The van der Waals surface area contributed by atoms with Gasteiger partial charge in [-0.3, -0.25) is 0 Å². The van der Waals surface area contributed by atoms with Gasteiger partial charge in [0, 0.05) is 18.6 Å². The van der Waals surface area contributed by atoms with E-state index in [1.165, 1.54) is 0 Å². The maximum Gasteiger partial charge on any atom is 0.143 e. The number of ether oxygens (including phenoxy) is 1. The summed E-state index contributed by atoms with van der Waals surface area (Å²) in [7, 11) is 1.59. The fraction of sp³-hybridized carbons (Fsp3) is 0.500. The van der Waals surface area contributed by atoms with Crippen LogP contribution in [0.5, 0.6) is 5.75 Å². The Morgan fingerprint density at radius 1 is 1.44 bits per heavy atom. The number of rotatable bonds is 5. The Morgan fingerprint density at radius 2 is 2.12 bits per heavy atom. The van der Waals surface area contributed by atoms with Crippen LogP contribution in [0.15, 0.2) is 18.2 Å². The van der Waals surface area contributed by atoms with Crippen molar-refractivity contribution >= 4 is 11.4 Å². The average molecular weight is 224 g/mol. The quantitative estimate of drug-likeness (QED) is 0.666. The highest BCUT2D eigenvalue weighted by molar-refractivity contribution is 5.72. The van der Waals surface area contributed by atoms with E-state index in [0.717, 1.165) is 5.69 Å². The largest absolute Gasteiger partial charge is 0.495 e. The first kappa shape index (κ1) is 12.6. The summed E-state index contributed by atoms with van der Waals surface area (Å²) in [5.74, 6) is 0.659. The second-order valence-corrected chi connectivity index (χ2v) is 4.60. The SMILES string of the molecule is COc1cccc(NCC(C)(C)CO)c1N. The molecule has 0 fully saturated rings. The molecular formula is C12H20N2O2. The summed E-state index contributed by atoms with van der Waals surface area (Å²) in [5.41, 5.74) is 7.17. The number of nitrogens with one attached hydrogen (secondary N) is 1. The van der Waals surface area contributed by atoms with Crippen molar-refractivity contribution in [3.05, 3.63) is 18.2 Å². The van der Waals surface area contributed by atoms with Gasteiger partial charge in [-0.25, -0.2) is 0 Å². The number of aliphatic hydroxyl groups excluding tert-OH is 1. The van der Waals surface area contributed by atoms with Crippen molar-refractivity contribution in [2.45, 2.75) is 13.8 Å². The Hall–Kier alpha value is -1.42. The highest BCUT2D eigenvalue weighted by Crippen LogP contribution is 2.29. The zero-order chi connectivity index (χ0) is 12.2. The van der Waals surface area contributed by atoms with Gasteiger partial charge < -0.3 is 20.9 Å². The van der Waals surface area contributed by atoms with E-state index < -0.39 is 0 Å². The van der Waals surface area contributed by atoms with Gasteiger partial charge in [-0.15, -0.1) is 0 Å². The molecule has 4 heteroatoms. The summed E-state index contributed by atoms with van der Waals surface area (Å²) in [6.45, 7) is 4.75. The lowest BCUT2D eigenvalue weighted by Crippen LogP contribution is -2.27. The molecule has 16 heavy (non-hydrogen) atoms. The molecule has 0 radical (unpaired) electrons. The van der Waals surface area contributed by atoms with Gasteiger partial charge in [0.05, 0.1) is 18.5 Å². The van der Waals surface area contributed by atoms with Crippen LogP contribution in [0, 0.1) is 5.41 Å². The monoisotopic (exact) mass is 224 g/mol. The van der Waals surface area contributed by atoms with E-state index in [-0.39, 0.29) is 12.0 Å². The van der Waals surface area contributed by atoms with Crippen LogP contribution in [-0.4, -0.2) is 25.4 Å². The lowest BCUT2D eigenvalue weighted by molar-refractivity contribution is 0.171. The molecule has 0 amide bonds. The molecule has 0 spiro atoms. The molecule has 0 aliphatic carbocycles. The van der Waals surface area contributed by atoms with E-state index in [4.69, 9.17) is 15.6 Å². The van der Waals surface area contributed by atoms with Crippen molar-refractivity contribution in [1.29, 1.82) is 0 Å². The van der Waals surface area contributed by atoms with Crippen molar-refractivity contribution in [1.82, 2.24) is 0 Å². The van der Waals surface area contributed by atoms with Gasteiger partial charge in [0.2, 0.25) is 0 Å². The molecule has 0 aliphatic heterocycles. The molecule has 1 aromatic rings. The molecule has 1 rings (SSSR count). The van der Waals surface area contributed by atoms with Crippen LogP contribution in [0.1, 0.15) is 13.8 Å². The Morgan fingerprint density at radius 3 is 2.69 bits per heavy atom. The molecule has 0 atom stereocenters. The lowest BCUT2D eigenvalue weighted by atomic mass is 9.95. The molecule has 0 aliphatic rings. The number of methoxy groups -OCH3 is 1. The molecule has 0 heterocycles. The van der Waals surface area contributed by atoms with Gasteiger partial charge in [-0.2, -0.15) is 0 Å². The molecule has 1 aromatic carbocycles. The third-order valence-corrected chi connectivity index (χ3v) is 2.47. The molecule has 0 saturated carbocycles. The van der Waals surface area contributed by atoms with Crippen LogP contribution < -0.4 is 15.8 Å². The van der Waals surface area contributed by atoms with Crippen molar-refractivity contribution < 1.29 is 9.84 Å². The maximum absolute atomic E-state index is 9.15. The predicted octanol–water partition coefficient (Wildman–Crippen LogP) is 1.71. The number of aliphatic hydroxyl groups is 1. The zero-order valence-electron chi connectivity index (χ0n) is 10.1. The summed E-state index contributed by atoms with van der Waals surface area (Å²) >= 11 is 0. The first-order valence-corrected chi connectivity index (χ1v) is 5.27. The number of anilines is 2. The van der Waals surface area contributed by atoms with Gasteiger partial charge in [-0.1, -0.05) is 19.9 Å². The molecular weight excluding hydrogens is 204 g/mol. The molecule has 4 nitrogen and oxygen atoms in total. The van der Waals surface area contributed by atoms with Crippen molar-refractivity contribution in [3.8, 4) is 5.75 Å². The van der Waals surface area contributed by atoms with E-state index in [1.54, 1.807) is 7.11 Å². The zero-order valence-corrected chi connectivity index (χ0v) is 10.1. The summed E-state index contributed by atoms with van der Waals surface area (Å²) in [4.78, 5) is 0. The van der Waals surface area contributed by atoms with E-state index in [1.807, 2.05) is 32.0 Å². The topological polar surface area (TPSA) is 67.5 Å². The number of para-hydroxylation sites is 1. The standard InChI is InChI=1S/C12H20N2O2/c1-12(2,8-15)7-14-9-5-4-6-10(16-3)11(9)13/h4-6,14-15H,7-8,13H2,1-3H3. The van der Waals surface area contributed by atoms with Crippen LogP contribution in [0.3, 0.4) is 0 Å². The minimum absolute atomic E-state index is 0.129. The third-order valence-electron chi connectivity index (χ3n) is 2.47. The summed E-state index contributed by atoms with van der Waals surface area (Å²) in [6.07, 6.45) is 0. The minimum atomic E-state index is -0.171. The number of hydrogen-bond donors (Lipinski definition) is 3. The molecule has 0 unspecified atom stereocenters. The first-order chi connectivity index (χ1) is 7.50. The summed E-state index contributed by atoms with van der Waals surface area (Å²) in [5, 5.41) is 12.4. The van der Waals surface area contributed by atoms with Gasteiger partial charge in [0.25, 0.3) is 0 Å². The first-order valence-electron chi connectivity index (χ1n) is 5.27. The Bertz CT molecular complexity index is 351. The average Bonchev–Trinajstić information content (AvgIpc) is 2.28. The fourth-order valence-corrected chi connectivity index (χ4v) is 1.27. The minimum Gasteiger partial charge on any atom is -0.495 e. The van der Waals surface area contributed by atoms with Gasteiger partial charge in [-0.05, 0) is 12.1 Å². The van der Waals surface area contributed by atoms with Crippen molar-refractivity contribution in [2.75, 3.05) is 31.3 Å². The normalized spacial score (nSPS) is 11.2. The second kappa shape index (κ2) is 5.07. The van der Waals surface area contributed by atoms with E-state index in [9.17, 15) is 0 Å². The molecule has 0 saturated heterocycles.